The van der Waals surface area contributed by atoms with Crippen molar-refractivity contribution in [2.24, 2.45) is 21.4 Å². The molecule has 164 valence electrons. The normalized spacial score (nSPS) is 14.8. The van der Waals surface area contributed by atoms with Gasteiger partial charge in [0.15, 0.2) is 17.9 Å². The molecule has 0 saturated carbocycles. The molecule has 0 heterocycles. The number of benzene rings is 2. The second-order valence-electron chi connectivity index (χ2n) is 7.40. The lowest BCUT2D eigenvalue weighted by molar-refractivity contribution is -0.121. The SMILES string of the molecule is COc1cccc(C(=O)c2c(C)c(N=O)c3c(c2N=O)CC(C(=O)CN=O)CC3)c1C=O. The highest BCUT2D eigenvalue weighted by molar-refractivity contribution is 6.17. The van der Waals surface area contributed by atoms with Crippen molar-refractivity contribution in [3.63, 3.8) is 0 Å². The van der Waals surface area contributed by atoms with Gasteiger partial charge in [-0.3, -0.25) is 14.4 Å². The van der Waals surface area contributed by atoms with Gasteiger partial charge in [0.1, 0.15) is 23.7 Å². The molecule has 32 heavy (non-hydrogen) atoms. The number of hydrogen-bond acceptors (Lipinski definition) is 10. The fourth-order valence-corrected chi connectivity index (χ4v) is 4.26. The Labute approximate surface area is 182 Å². The molecule has 3 rings (SSSR count). The molecule has 2 aromatic rings. The molecule has 0 bridgehead atoms. The average Bonchev–Trinajstić information content (AvgIpc) is 2.82. The molecule has 0 radical (unpaired) electrons. The van der Waals surface area contributed by atoms with Crippen LogP contribution in [0.1, 0.15) is 49.4 Å². The summed E-state index contributed by atoms with van der Waals surface area (Å²) in [4.78, 5) is 71.5. The Hall–Kier alpha value is -3.95. The molecule has 1 aliphatic rings. The van der Waals surface area contributed by atoms with E-state index in [2.05, 4.69) is 15.5 Å². The Bertz CT molecular complexity index is 1160. The number of rotatable bonds is 9. The molecule has 0 fully saturated rings. The standard InChI is InChI=1S/C22H19N3O7/c1-11-19(22(28)14-4-3-5-18(32-2)16(14)10-26)21(25-31)15-8-12(17(27)9-23-29)6-7-13(15)20(11)24-30/h3-5,10,12H,6-9H2,1-2H3. The van der Waals surface area contributed by atoms with Crippen molar-refractivity contribution in [3.8, 4) is 5.75 Å². The highest BCUT2D eigenvalue weighted by atomic mass is 16.5. The monoisotopic (exact) mass is 437 g/mol. The van der Waals surface area contributed by atoms with Gasteiger partial charge < -0.3 is 4.74 Å². The van der Waals surface area contributed by atoms with Crippen LogP contribution in [0.5, 0.6) is 5.75 Å². The van der Waals surface area contributed by atoms with E-state index in [4.69, 9.17) is 4.74 Å². The minimum absolute atomic E-state index is 0.00529. The molecule has 10 nitrogen and oxygen atoms in total. The smallest absolute Gasteiger partial charge is 0.196 e. The molecule has 0 amide bonds. The van der Waals surface area contributed by atoms with Crippen LogP contribution in [0.3, 0.4) is 0 Å². The number of carbonyl (C=O) groups excluding carboxylic acids is 3. The number of ketones is 2. The third kappa shape index (κ3) is 3.75. The van der Waals surface area contributed by atoms with Gasteiger partial charge in [0.2, 0.25) is 0 Å². The van der Waals surface area contributed by atoms with Crippen molar-refractivity contribution in [1.82, 2.24) is 0 Å². The molecule has 0 aliphatic heterocycles. The molecule has 0 spiro atoms. The highest BCUT2D eigenvalue weighted by Gasteiger charge is 2.34. The summed E-state index contributed by atoms with van der Waals surface area (Å²) >= 11 is 0. The van der Waals surface area contributed by atoms with Gasteiger partial charge in [-0.25, -0.2) is 0 Å². The summed E-state index contributed by atoms with van der Waals surface area (Å²) in [7, 11) is 1.35. The first-order chi connectivity index (χ1) is 15.4. The fourth-order valence-electron chi connectivity index (χ4n) is 4.26. The van der Waals surface area contributed by atoms with E-state index in [1.807, 2.05) is 0 Å². The first-order valence-corrected chi connectivity index (χ1v) is 9.77. The second kappa shape index (κ2) is 9.46. The van der Waals surface area contributed by atoms with Crippen molar-refractivity contribution in [2.45, 2.75) is 26.2 Å². The van der Waals surface area contributed by atoms with Crippen molar-refractivity contribution >= 4 is 29.2 Å². The van der Waals surface area contributed by atoms with Crippen LogP contribution in [0.2, 0.25) is 0 Å². The van der Waals surface area contributed by atoms with Crippen molar-refractivity contribution < 1.29 is 19.1 Å². The summed E-state index contributed by atoms with van der Waals surface area (Å²) in [5.41, 5.74) is 0.487. The lowest BCUT2D eigenvalue weighted by Crippen LogP contribution is -2.25. The summed E-state index contributed by atoms with van der Waals surface area (Å²) in [6.07, 6.45) is 1.09. The molecule has 0 aromatic heterocycles. The summed E-state index contributed by atoms with van der Waals surface area (Å²) < 4.78 is 5.14. The summed E-state index contributed by atoms with van der Waals surface area (Å²) in [5.74, 6) is -1.53. The van der Waals surface area contributed by atoms with Crippen molar-refractivity contribution in [3.05, 3.63) is 66.3 Å². The first kappa shape index (κ1) is 22.7. The zero-order chi connectivity index (χ0) is 23.4. The van der Waals surface area contributed by atoms with Crippen LogP contribution >= 0.6 is 0 Å². The maximum atomic E-state index is 13.5. The molecular weight excluding hydrogens is 418 g/mol. The maximum absolute atomic E-state index is 13.5. The van der Waals surface area contributed by atoms with Gasteiger partial charge >= 0.3 is 0 Å². The Balaban J connectivity index is 2.25. The van der Waals surface area contributed by atoms with E-state index in [1.165, 1.54) is 32.2 Å². The Morgan fingerprint density at radius 2 is 1.84 bits per heavy atom. The molecule has 1 unspecified atom stereocenters. The average molecular weight is 437 g/mol. The largest absolute Gasteiger partial charge is 0.496 e. The predicted molar refractivity (Wildman–Crippen MR) is 115 cm³/mol. The van der Waals surface area contributed by atoms with Crippen LogP contribution in [0.4, 0.5) is 11.4 Å². The summed E-state index contributed by atoms with van der Waals surface area (Å²) in [6.45, 7) is 0.972. The lowest BCUT2D eigenvalue weighted by atomic mass is 9.77. The van der Waals surface area contributed by atoms with Crippen molar-refractivity contribution in [2.75, 3.05) is 13.7 Å². The second-order valence-corrected chi connectivity index (χ2v) is 7.40. The van der Waals surface area contributed by atoms with Crippen LogP contribution in [0.15, 0.2) is 33.7 Å². The van der Waals surface area contributed by atoms with Gasteiger partial charge in [-0.15, -0.1) is 9.81 Å². The van der Waals surface area contributed by atoms with E-state index >= 15 is 0 Å². The number of methoxy groups -OCH3 is 1. The van der Waals surface area contributed by atoms with E-state index in [1.54, 1.807) is 0 Å². The van der Waals surface area contributed by atoms with Gasteiger partial charge in [0.05, 0.1) is 18.2 Å². The molecule has 1 atom stereocenters. The highest BCUT2D eigenvalue weighted by Crippen LogP contribution is 2.44. The maximum Gasteiger partial charge on any atom is 0.196 e. The summed E-state index contributed by atoms with van der Waals surface area (Å²) in [5, 5.41) is 8.78. The van der Waals surface area contributed by atoms with E-state index in [9.17, 15) is 29.1 Å². The zero-order valence-electron chi connectivity index (χ0n) is 17.4. The van der Waals surface area contributed by atoms with Gasteiger partial charge in [-0.2, -0.15) is 4.91 Å². The number of aldehydes is 1. The minimum Gasteiger partial charge on any atom is -0.496 e. The number of nitrogens with zero attached hydrogens (tertiary/aromatic N) is 3. The zero-order valence-corrected chi connectivity index (χ0v) is 17.4. The van der Waals surface area contributed by atoms with E-state index in [0.717, 1.165) is 0 Å². The van der Waals surface area contributed by atoms with E-state index in [-0.39, 0.29) is 57.8 Å². The molecule has 2 aromatic carbocycles. The van der Waals surface area contributed by atoms with Crippen LogP contribution in [0.25, 0.3) is 0 Å². The quantitative estimate of drug-likeness (QED) is 0.323. The van der Waals surface area contributed by atoms with Crippen molar-refractivity contribution in [1.29, 1.82) is 0 Å². The molecule has 0 N–H and O–H groups in total. The number of hydrogen-bond donors (Lipinski definition) is 0. The van der Waals surface area contributed by atoms with Gasteiger partial charge in [0, 0.05) is 11.5 Å². The Kier molecular flexibility index (Phi) is 6.72. The molecule has 0 saturated heterocycles. The van der Waals surface area contributed by atoms with Crippen LogP contribution < -0.4 is 4.74 Å². The predicted octanol–water partition coefficient (Wildman–Crippen LogP) is 4.28. The molecular formula is C22H19N3O7. The van der Waals surface area contributed by atoms with Crippen LogP contribution in [-0.4, -0.2) is 31.5 Å². The minimum atomic E-state index is -0.700. The Morgan fingerprint density at radius 3 is 2.44 bits per heavy atom. The van der Waals surface area contributed by atoms with E-state index in [0.29, 0.717) is 18.3 Å². The first-order valence-electron chi connectivity index (χ1n) is 9.77. The lowest BCUT2D eigenvalue weighted by Gasteiger charge is -2.26. The van der Waals surface area contributed by atoms with Gasteiger partial charge in [-0.05, 0) is 59.3 Å². The number of nitroso groups, excluding NO2 is 3. The van der Waals surface area contributed by atoms with Crippen LogP contribution in [-0.2, 0) is 17.6 Å². The summed E-state index contributed by atoms with van der Waals surface area (Å²) in [6, 6.07) is 4.42. The third-order valence-corrected chi connectivity index (χ3v) is 5.83. The van der Waals surface area contributed by atoms with Gasteiger partial charge in [0.25, 0.3) is 0 Å². The number of fused-ring (bicyclic) bond motifs is 1. The number of carbonyl (C=O) groups is 3. The fraction of sp³-hybridized carbons (Fsp3) is 0.318. The molecule has 10 heteroatoms. The third-order valence-electron chi connectivity index (χ3n) is 5.83. The number of ether oxygens (including phenoxy) is 1. The molecule has 1 aliphatic carbocycles. The van der Waals surface area contributed by atoms with Crippen LogP contribution in [0, 0.1) is 27.6 Å². The Morgan fingerprint density at radius 1 is 1.12 bits per heavy atom. The topological polar surface area (TPSA) is 149 Å². The van der Waals surface area contributed by atoms with E-state index < -0.39 is 24.0 Å². The van der Waals surface area contributed by atoms with Gasteiger partial charge in [-0.1, -0.05) is 17.3 Å². The number of Topliss-reactive ketones (excluding diaryl/α,β-unsaturated/α-hetero) is 1.